The number of nitrogens with two attached hydrogens (primary N) is 1. The molecule has 0 aromatic heterocycles. The maximum Gasteiger partial charge on any atom is 0.0719 e. The Morgan fingerprint density at radius 3 is 2.86 bits per heavy atom. The van der Waals surface area contributed by atoms with Crippen molar-refractivity contribution in [1.29, 1.82) is 0 Å². The third-order valence-electron chi connectivity index (χ3n) is 3.04. The average molecular weight is 191 g/mol. The Hall–Kier alpha value is -0.860. The highest BCUT2D eigenvalue weighted by atomic mass is 16.6. The summed E-state index contributed by atoms with van der Waals surface area (Å²) in [5, 5.41) is 0. The van der Waals surface area contributed by atoms with Crippen LogP contribution < -0.4 is 5.90 Å². The smallest absolute Gasteiger partial charge is 0.0719 e. The van der Waals surface area contributed by atoms with Gasteiger partial charge in [-0.15, -0.1) is 0 Å². The molecule has 2 rings (SSSR count). The SMILES string of the molecule is NOCCc1cccc(C2CCC2)c1. The summed E-state index contributed by atoms with van der Waals surface area (Å²) in [7, 11) is 0. The molecule has 76 valence electrons. The van der Waals surface area contributed by atoms with Crippen molar-refractivity contribution in [2.75, 3.05) is 6.61 Å². The molecule has 0 bridgehead atoms. The minimum atomic E-state index is 0.605. The molecule has 0 atom stereocenters. The molecule has 1 aromatic rings. The van der Waals surface area contributed by atoms with Crippen molar-refractivity contribution in [3.63, 3.8) is 0 Å². The van der Waals surface area contributed by atoms with Crippen LogP contribution in [0.25, 0.3) is 0 Å². The Bertz CT molecular complexity index is 294. The lowest BCUT2D eigenvalue weighted by Gasteiger charge is -2.26. The lowest BCUT2D eigenvalue weighted by Crippen LogP contribution is -2.09. The van der Waals surface area contributed by atoms with Gasteiger partial charge in [0.1, 0.15) is 0 Å². The zero-order valence-corrected chi connectivity index (χ0v) is 8.41. The fraction of sp³-hybridized carbons (Fsp3) is 0.500. The van der Waals surface area contributed by atoms with Crippen molar-refractivity contribution in [2.24, 2.45) is 5.90 Å². The van der Waals surface area contributed by atoms with E-state index in [1.165, 1.54) is 30.4 Å². The van der Waals surface area contributed by atoms with E-state index in [9.17, 15) is 0 Å². The lowest BCUT2D eigenvalue weighted by molar-refractivity contribution is 0.141. The molecular weight excluding hydrogens is 174 g/mol. The Kier molecular flexibility index (Phi) is 3.17. The minimum absolute atomic E-state index is 0.605. The molecule has 0 spiro atoms. The average Bonchev–Trinajstić information content (AvgIpc) is 2.13. The minimum Gasteiger partial charge on any atom is -0.304 e. The molecular formula is C12H17NO. The van der Waals surface area contributed by atoms with Gasteiger partial charge in [-0.1, -0.05) is 30.7 Å². The molecule has 1 saturated carbocycles. The van der Waals surface area contributed by atoms with Crippen LogP contribution in [0.1, 0.15) is 36.3 Å². The number of hydrogen-bond donors (Lipinski definition) is 1. The summed E-state index contributed by atoms with van der Waals surface area (Å²) in [5.41, 5.74) is 2.82. The van der Waals surface area contributed by atoms with Gasteiger partial charge in [-0.05, 0) is 36.3 Å². The maximum absolute atomic E-state index is 5.01. The van der Waals surface area contributed by atoms with Crippen LogP contribution in [0, 0.1) is 0 Å². The quantitative estimate of drug-likeness (QED) is 0.742. The van der Waals surface area contributed by atoms with Gasteiger partial charge in [-0.25, -0.2) is 5.90 Å². The number of benzene rings is 1. The van der Waals surface area contributed by atoms with Crippen molar-refractivity contribution in [1.82, 2.24) is 0 Å². The monoisotopic (exact) mass is 191 g/mol. The summed E-state index contributed by atoms with van der Waals surface area (Å²) in [6, 6.07) is 8.81. The molecule has 0 radical (unpaired) electrons. The van der Waals surface area contributed by atoms with Crippen LogP contribution in [-0.4, -0.2) is 6.61 Å². The van der Waals surface area contributed by atoms with Gasteiger partial charge in [0.2, 0.25) is 0 Å². The second kappa shape index (κ2) is 4.58. The predicted molar refractivity (Wildman–Crippen MR) is 56.9 cm³/mol. The lowest BCUT2D eigenvalue weighted by atomic mass is 9.79. The molecule has 2 heteroatoms. The van der Waals surface area contributed by atoms with E-state index >= 15 is 0 Å². The van der Waals surface area contributed by atoms with Crippen LogP contribution in [0.4, 0.5) is 0 Å². The standard InChI is InChI=1S/C12H17NO/c13-14-8-7-10-3-1-6-12(9-10)11-4-2-5-11/h1,3,6,9,11H,2,4-5,7-8,13H2. The molecule has 1 aromatic carbocycles. The summed E-state index contributed by atoms with van der Waals surface area (Å²) in [5.74, 6) is 5.83. The van der Waals surface area contributed by atoms with Crippen molar-refractivity contribution < 1.29 is 4.84 Å². The Labute approximate surface area is 85.0 Å². The Morgan fingerprint density at radius 1 is 1.36 bits per heavy atom. The zero-order chi connectivity index (χ0) is 9.80. The van der Waals surface area contributed by atoms with Gasteiger partial charge in [0.15, 0.2) is 0 Å². The van der Waals surface area contributed by atoms with Gasteiger partial charge in [0.05, 0.1) is 6.61 Å². The molecule has 0 heterocycles. The van der Waals surface area contributed by atoms with Gasteiger partial charge in [0, 0.05) is 0 Å². The Balaban J connectivity index is 2.02. The van der Waals surface area contributed by atoms with Crippen molar-refractivity contribution in [2.45, 2.75) is 31.6 Å². The van der Waals surface area contributed by atoms with E-state index in [2.05, 4.69) is 29.1 Å². The first kappa shape index (κ1) is 9.69. The van der Waals surface area contributed by atoms with E-state index < -0.39 is 0 Å². The largest absolute Gasteiger partial charge is 0.304 e. The highest BCUT2D eigenvalue weighted by molar-refractivity contribution is 5.27. The second-order valence-corrected chi connectivity index (χ2v) is 3.99. The topological polar surface area (TPSA) is 35.2 Å². The van der Waals surface area contributed by atoms with Gasteiger partial charge in [0.25, 0.3) is 0 Å². The first-order valence-corrected chi connectivity index (χ1v) is 5.30. The Morgan fingerprint density at radius 2 is 2.21 bits per heavy atom. The van der Waals surface area contributed by atoms with E-state index in [4.69, 9.17) is 5.90 Å². The van der Waals surface area contributed by atoms with Crippen LogP contribution in [0.5, 0.6) is 0 Å². The summed E-state index contributed by atoms with van der Waals surface area (Å²) >= 11 is 0. The van der Waals surface area contributed by atoms with E-state index in [1.54, 1.807) is 0 Å². The molecule has 1 aliphatic carbocycles. The molecule has 0 saturated heterocycles. The van der Waals surface area contributed by atoms with Gasteiger partial charge in [-0.2, -0.15) is 0 Å². The molecule has 0 unspecified atom stereocenters. The van der Waals surface area contributed by atoms with Gasteiger partial charge >= 0.3 is 0 Å². The van der Waals surface area contributed by atoms with Crippen LogP contribution in [0.15, 0.2) is 24.3 Å². The van der Waals surface area contributed by atoms with Crippen molar-refractivity contribution in [3.8, 4) is 0 Å². The molecule has 14 heavy (non-hydrogen) atoms. The van der Waals surface area contributed by atoms with Gasteiger partial charge < -0.3 is 4.84 Å². The van der Waals surface area contributed by atoms with Crippen molar-refractivity contribution in [3.05, 3.63) is 35.4 Å². The van der Waals surface area contributed by atoms with E-state index in [0.29, 0.717) is 6.61 Å². The molecule has 1 fully saturated rings. The normalized spacial score (nSPS) is 16.6. The van der Waals surface area contributed by atoms with Crippen LogP contribution in [-0.2, 0) is 11.3 Å². The van der Waals surface area contributed by atoms with Gasteiger partial charge in [-0.3, -0.25) is 0 Å². The highest BCUT2D eigenvalue weighted by Gasteiger charge is 2.19. The third kappa shape index (κ3) is 2.14. The highest BCUT2D eigenvalue weighted by Crippen LogP contribution is 2.36. The maximum atomic E-state index is 5.01. The zero-order valence-electron chi connectivity index (χ0n) is 8.41. The number of rotatable bonds is 4. The fourth-order valence-electron chi connectivity index (χ4n) is 1.92. The van der Waals surface area contributed by atoms with Crippen LogP contribution in [0.3, 0.4) is 0 Å². The summed E-state index contributed by atoms with van der Waals surface area (Å²) in [6.45, 7) is 0.605. The van der Waals surface area contributed by atoms with E-state index in [-0.39, 0.29) is 0 Å². The first-order valence-electron chi connectivity index (χ1n) is 5.30. The first-order chi connectivity index (χ1) is 6.90. The van der Waals surface area contributed by atoms with Crippen LogP contribution >= 0.6 is 0 Å². The molecule has 1 aliphatic rings. The molecule has 0 amide bonds. The van der Waals surface area contributed by atoms with E-state index in [0.717, 1.165) is 12.3 Å². The number of hydrogen-bond acceptors (Lipinski definition) is 2. The summed E-state index contributed by atoms with van der Waals surface area (Å²) in [6.07, 6.45) is 5.02. The molecule has 2 N–H and O–H groups in total. The molecule has 0 aliphatic heterocycles. The summed E-state index contributed by atoms with van der Waals surface area (Å²) < 4.78 is 0. The second-order valence-electron chi connectivity index (χ2n) is 3.99. The predicted octanol–water partition coefficient (Wildman–Crippen LogP) is 2.39. The van der Waals surface area contributed by atoms with E-state index in [1.807, 2.05) is 0 Å². The third-order valence-corrected chi connectivity index (χ3v) is 3.04. The fourth-order valence-corrected chi connectivity index (χ4v) is 1.92. The molecule has 2 nitrogen and oxygen atoms in total. The van der Waals surface area contributed by atoms with Crippen LogP contribution in [0.2, 0.25) is 0 Å². The van der Waals surface area contributed by atoms with Crippen molar-refractivity contribution >= 4 is 0 Å². The summed E-state index contributed by atoms with van der Waals surface area (Å²) in [4.78, 5) is 4.59.